The summed E-state index contributed by atoms with van der Waals surface area (Å²) in [6.45, 7) is 4.00. The number of rotatable bonds is 3. The summed E-state index contributed by atoms with van der Waals surface area (Å²) in [5, 5.41) is 8.75. The molecule has 0 aliphatic rings. The number of hydrogen-bond donors (Lipinski definition) is 0. The molecular weight excluding hydrogens is 306 g/mol. The van der Waals surface area contributed by atoms with E-state index in [0.717, 1.165) is 39.0 Å². The molecule has 0 aromatic carbocycles. The van der Waals surface area contributed by atoms with Crippen LogP contribution < -0.4 is 0 Å². The largest absolute Gasteiger partial charge is 0.309 e. The van der Waals surface area contributed by atoms with Crippen LogP contribution in [0.4, 0.5) is 0 Å². The summed E-state index contributed by atoms with van der Waals surface area (Å²) in [4.78, 5) is 10.2. The van der Waals surface area contributed by atoms with Gasteiger partial charge in [-0.05, 0) is 30.9 Å². The predicted octanol–water partition coefficient (Wildman–Crippen LogP) is 3.50. The molecule has 0 spiro atoms. The zero-order chi connectivity index (χ0) is 15.0. The molecule has 0 N–H and O–H groups in total. The Bertz CT molecular complexity index is 814. The molecule has 0 aliphatic heterocycles. The highest BCUT2D eigenvalue weighted by atomic mass is 35.5. The molecule has 7 heteroatoms. The Kier molecular flexibility index (Phi) is 3.82. The summed E-state index contributed by atoms with van der Waals surface area (Å²) in [6, 6.07) is 5.70. The lowest BCUT2D eigenvalue weighted by molar-refractivity contribution is 0.898. The maximum Gasteiger partial charge on any atom is 0.182 e. The van der Waals surface area contributed by atoms with Crippen molar-refractivity contribution in [3.05, 3.63) is 29.0 Å². The van der Waals surface area contributed by atoms with Crippen LogP contribution in [0, 0.1) is 6.92 Å². The smallest absolute Gasteiger partial charge is 0.182 e. The normalized spacial score (nSPS) is 11.2. The number of nitrogens with zero attached hydrogens (tertiary/aromatic N) is 5. The number of pyridine rings is 1. The first-order valence-electron chi connectivity index (χ1n) is 6.56. The van der Waals surface area contributed by atoms with Gasteiger partial charge in [-0.1, -0.05) is 18.5 Å². The van der Waals surface area contributed by atoms with Gasteiger partial charge in [-0.25, -0.2) is 9.97 Å². The zero-order valence-electron chi connectivity index (χ0n) is 12.0. The standard InChI is InChI=1S/C14H14ClN5S/c1-4-21-10-5-6-11(15)17-12(10)14-16-9-7-8(2)18-19-13(9)20(14)3/h5-7H,4H2,1-3H3. The molecule has 0 unspecified atom stereocenters. The predicted molar refractivity (Wildman–Crippen MR) is 85.7 cm³/mol. The first-order valence-corrected chi connectivity index (χ1v) is 7.93. The number of aryl methyl sites for hydroxylation is 2. The highest BCUT2D eigenvalue weighted by Gasteiger charge is 2.16. The van der Waals surface area contributed by atoms with E-state index in [4.69, 9.17) is 11.6 Å². The first kappa shape index (κ1) is 14.3. The molecule has 3 aromatic rings. The SMILES string of the molecule is CCSc1ccc(Cl)nc1-c1nc2cc(C)nnc2n1C. The van der Waals surface area contributed by atoms with E-state index >= 15 is 0 Å². The molecular formula is C14H14ClN5S. The Morgan fingerprint density at radius 1 is 1.24 bits per heavy atom. The van der Waals surface area contributed by atoms with Crippen molar-refractivity contribution >= 4 is 34.5 Å². The monoisotopic (exact) mass is 319 g/mol. The Morgan fingerprint density at radius 2 is 2.05 bits per heavy atom. The van der Waals surface area contributed by atoms with Gasteiger partial charge in [0.05, 0.1) is 5.69 Å². The van der Waals surface area contributed by atoms with E-state index in [2.05, 4.69) is 27.1 Å². The quantitative estimate of drug-likeness (QED) is 0.546. The van der Waals surface area contributed by atoms with Crippen LogP contribution >= 0.6 is 23.4 Å². The number of fused-ring (bicyclic) bond motifs is 1. The summed E-state index contributed by atoms with van der Waals surface area (Å²) >= 11 is 7.77. The molecule has 0 saturated carbocycles. The molecule has 3 heterocycles. The fourth-order valence-corrected chi connectivity index (χ4v) is 3.04. The van der Waals surface area contributed by atoms with E-state index in [1.807, 2.05) is 30.7 Å². The molecule has 0 fully saturated rings. The van der Waals surface area contributed by atoms with Crippen LogP contribution in [0.5, 0.6) is 0 Å². The van der Waals surface area contributed by atoms with Crippen molar-refractivity contribution in [1.29, 1.82) is 0 Å². The third kappa shape index (κ3) is 2.61. The van der Waals surface area contributed by atoms with Gasteiger partial charge in [0.15, 0.2) is 11.5 Å². The van der Waals surface area contributed by atoms with Crippen molar-refractivity contribution < 1.29 is 0 Å². The third-order valence-corrected chi connectivity index (χ3v) is 4.21. The molecule has 3 rings (SSSR count). The van der Waals surface area contributed by atoms with Crippen LogP contribution in [0.3, 0.4) is 0 Å². The molecule has 0 aliphatic carbocycles. The summed E-state index contributed by atoms with van der Waals surface area (Å²) < 4.78 is 1.90. The van der Waals surface area contributed by atoms with Gasteiger partial charge >= 0.3 is 0 Å². The summed E-state index contributed by atoms with van der Waals surface area (Å²) in [5.74, 6) is 1.71. The molecule has 0 atom stereocenters. The maximum atomic E-state index is 6.06. The van der Waals surface area contributed by atoms with Crippen LogP contribution in [0.2, 0.25) is 5.15 Å². The lowest BCUT2D eigenvalue weighted by Crippen LogP contribution is -1.98. The second-order valence-electron chi connectivity index (χ2n) is 4.60. The number of thioether (sulfide) groups is 1. The van der Waals surface area contributed by atoms with Gasteiger partial charge in [-0.3, -0.25) is 0 Å². The minimum absolute atomic E-state index is 0.458. The summed E-state index contributed by atoms with van der Waals surface area (Å²) in [7, 11) is 1.91. The van der Waals surface area contributed by atoms with E-state index < -0.39 is 0 Å². The second kappa shape index (κ2) is 5.61. The lowest BCUT2D eigenvalue weighted by Gasteiger charge is -2.07. The molecule has 21 heavy (non-hydrogen) atoms. The lowest BCUT2D eigenvalue weighted by atomic mass is 10.3. The van der Waals surface area contributed by atoms with Crippen molar-refractivity contribution in [3.8, 4) is 11.5 Å². The van der Waals surface area contributed by atoms with Gasteiger partial charge in [0.1, 0.15) is 16.4 Å². The second-order valence-corrected chi connectivity index (χ2v) is 6.30. The van der Waals surface area contributed by atoms with E-state index in [1.54, 1.807) is 17.8 Å². The van der Waals surface area contributed by atoms with Crippen LogP contribution in [-0.4, -0.2) is 30.5 Å². The summed E-state index contributed by atoms with van der Waals surface area (Å²) in [5.41, 5.74) is 3.18. The number of imidazole rings is 1. The van der Waals surface area contributed by atoms with Gasteiger partial charge in [-0.2, -0.15) is 5.10 Å². The highest BCUT2D eigenvalue weighted by molar-refractivity contribution is 7.99. The van der Waals surface area contributed by atoms with Crippen LogP contribution in [0.15, 0.2) is 23.1 Å². The van der Waals surface area contributed by atoms with Crippen LogP contribution in [0.25, 0.3) is 22.7 Å². The van der Waals surface area contributed by atoms with Crippen LogP contribution in [-0.2, 0) is 7.05 Å². The van der Waals surface area contributed by atoms with Crippen molar-refractivity contribution in [2.24, 2.45) is 7.05 Å². The minimum Gasteiger partial charge on any atom is -0.309 e. The van der Waals surface area contributed by atoms with Gasteiger partial charge in [0.2, 0.25) is 0 Å². The first-order chi connectivity index (χ1) is 10.1. The number of aromatic nitrogens is 5. The average Bonchev–Trinajstić information content (AvgIpc) is 2.77. The Balaban J connectivity index is 2.24. The molecule has 0 radical (unpaired) electrons. The van der Waals surface area contributed by atoms with E-state index in [0.29, 0.717) is 5.15 Å². The van der Waals surface area contributed by atoms with E-state index in [9.17, 15) is 0 Å². The van der Waals surface area contributed by atoms with Crippen LogP contribution in [0.1, 0.15) is 12.6 Å². The van der Waals surface area contributed by atoms with E-state index in [1.165, 1.54) is 0 Å². The van der Waals surface area contributed by atoms with Crippen molar-refractivity contribution in [2.75, 3.05) is 5.75 Å². The zero-order valence-corrected chi connectivity index (χ0v) is 13.5. The topological polar surface area (TPSA) is 56.5 Å². The Hall–Kier alpha value is -1.66. The Labute approximate surface area is 131 Å². The molecule has 3 aromatic heterocycles. The van der Waals surface area contributed by atoms with Crippen molar-refractivity contribution in [2.45, 2.75) is 18.7 Å². The molecule has 5 nitrogen and oxygen atoms in total. The molecule has 0 bridgehead atoms. The Morgan fingerprint density at radius 3 is 2.81 bits per heavy atom. The molecule has 108 valence electrons. The van der Waals surface area contributed by atoms with Crippen molar-refractivity contribution in [3.63, 3.8) is 0 Å². The van der Waals surface area contributed by atoms with Gasteiger partial charge in [-0.15, -0.1) is 16.9 Å². The third-order valence-electron chi connectivity index (χ3n) is 3.07. The van der Waals surface area contributed by atoms with E-state index in [-0.39, 0.29) is 0 Å². The number of hydrogen-bond acceptors (Lipinski definition) is 5. The molecule has 0 amide bonds. The highest BCUT2D eigenvalue weighted by Crippen LogP contribution is 2.31. The average molecular weight is 320 g/mol. The van der Waals surface area contributed by atoms with Gasteiger partial charge in [0, 0.05) is 11.9 Å². The summed E-state index contributed by atoms with van der Waals surface area (Å²) in [6.07, 6.45) is 0. The van der Waals surface area contributed by atoms with Gasteiger partial charge in [0.25, 0.3) is 0 Å². The fraction of sp³-hybridized carbons (Fsp3) is 0.286. The number of halogens is 1. The van der Waals surface area contributed by atoms with Crippen molar-refractivity contribution in [1.82, 2.24) is 24.7 Å². The minimum atomic E-state index is 0.458. The maximum absolute atomic E-state index is 6.06. The molecule has 0 saturated heterocycles. The fourth-order valence-electron chi connectivity index (χ4n) is 2.15. The van der Waals surface area contributed by atoms with Gasteiger partial charge < -0.3 is 4.57 Å².